The number of nitrogens with two attached hydrogens (primary N) is 2. The minimum atomic E-state index is -0.632. The molecule has 1 rings (SSSR count). The fourth-order valence-electron chi connectivity index (χ4n) is 1.22. The molecule has 0 saturated carbocycles. The lowest BCUT2D eigenvalue weighted by Crippen LogP contribution is -2.49. The van der Waals surface area contributed by atoms with E-state index in [0.717, 1.165) is 4.47 Å². The van der Waals surface area contributed by atoms with Gasteiger partial charge in [-0.15, -0.1) is 0 Å². The number of carbonyl (C=O) groups is 1. The number of amides is 1. The molecular weight excluding hydrogens is 342 g/mol. The maximum Gasteiger partial charge on any atom is 0.295 e. The van der Waals surface area contributed by atoms with Gasteiger partial charge in [0.15, 0.2) is 10.8 Å². The summed E-state index contributed by atoms with van der Waals surface area (Å²) in [6.07, 6.45) is 0. The van der Waals surface area contributed by atoms with Gasteiger partial charge in [0.1, 0.15) is 0 Å². The summed E-state index contributed by atoms with van der Waals surface area (Å²) in [6.45, 7) is 5.31. The van der Waals surface area contributed by atoms with Gasteiger partial charge in [-0.25, -0.2) is 10.9 Å². The number of hydrogen-bond donors (Lipinski definition) is 3. The summed E-state index contributed by atoms with van der Waals surface area (Å²) in [6, 6.07) is 7.29. The molecule has 1 aromatic rings. The van der Waals surface area contributed by atoms with E-state index in [-0.39, 0.29) is 10.8 Å². The molecule has 0 radical (unpaired) electrons. The molecule has 20 heavy (non-hydrogen) atoms. The number of hydrogen-bond acceptors (Lipinski definition) is 5. The third-order valence-electron chi connectivity index (χ3n) is 2.18. The smallest absolute Gasteiger partial charge is 0.295 e. The van der Waals surface area contributed by atoms with E-state index in [1.165, 1.54) is 0 Å². The van der Waals surface area contributed by atoms with Crippen molar-refractivity contribution in [1.82, 2.24) is 5.01 Å². The number of rotatable bonds is 4. The molecular formula is C12H14BrN5OS. The zero-order valence-corrected chi connectivity index (χ0v) is 13.2. The summed E-state index contributed by atoms with van der Waals surface area (Å²) >= 11 is 7.98. The van der Waals surface area contributed by atoms with Crippen molar-refractivity contribution >= 4 is 50.6 Å². The third kappa shape index (κ3) is 4.41. The Hall–Kier alpha value is -1.77. The quantitative estimate of drug-likeness (QED) is 0.251. The van der Waals surface area contributed by atoms with Crippen LogP contribution in [0.4, 0.5) is 5.69 Å². The average molecular weight is 356 g/mol. The largest absolute Gasteiger partial charge is 0.375 e. The number of hydrazine groups is 1. The van der Waals surface area contributed by atoms with Gasteiger partial charge in [-0.05, 0) is 42.9 Å². The van der Waals surface area contributed by atoms with Gasteiger partial charge in [0, 0.05) is 4.47 Å². The zero-order valence-electron chi connectivity index (χ0n) is 10.8. The van der Waals surface area contributed by atoms with Crippen LogP contribution in [0.15, 0.2) is 46.0 Å². The van der Waals surface area contributed by atoms with Crippen LogP contribution in [0.3, 0.4) is 0 Å². The van der Waals surface area contributed by atoms with Gasteiger partial charge in [0.25, 0.3) is 5.91 Å². The highest BCUT2D eigenvalue weighted by atomic mass is 79.9. The second kappa shape index (κ2) is 7.13. The van der Waals surface area contributed by atoms with Crippen LogP contribution < -0.4 is 17.0 Å². The van der Waals surface area contributed by atoms with Gasteiger partial charge in [-0.3, -0.25) is 10.2 Å². The number of halogens is 1. The lowest BCUT2D eigenvalue weighted by Gasteiger charge is -2.15. The van der Waals surface area contributed by atoms with Crippen molar-refractivity contribution in [2.45, 2.75) is 6.92 Å². The van der Waals surface area contributed by atoms with Crippen LogP contribution in [0, 0.1) is 0 Å². The molecule has 0 atom stereocenters. The number of thiocarbonyl (C=S) groups is 1. The van der Waals surface area contributed by atoms with E-state index in [0.29, 0.717) is 16.3 Å². The second-order valence-corrected chi connectivity index (χ2v) is 5.21. The molecule has 8 heteroatoms. The summed E-state index contributed by atoms with van der Waals surface area (Å²) in [5.41, 5.74) is 9.23. The predicted molar refractivity (Wildman–Crippen MR) is 87.8 cm³/mol. The molecule has 0 bridgehead atoms. The first-order chi connectivity index (χ1) is 9.32. The molecule has 0 aliphatic carbocycles. The average Bonchev–Trinajstić information content (AvgIpc) is 2.37. The predicted octanol–water partition coefficient (Wildman–Crippen LogP) is 1.74. The molecule has 0 saturated heterocycles. The Balaban J connectivity index is 2.97. The van der Waals surface area contributed by atoms with E-state index in [2.05, 4.69) is 45.3 Å². The molecule has 0 heterocycles. The minimum absolute atomic E-state index is 0.0419. The fourth-order valence-corrected chi connectivity index (χ4v) is 1.70. The summed E-state index contributed by atoms with van der Waals surface area (Å²) in [5, 5.41) is 4.40. The van der Waals surface area contributed by atoms with Crippen molar-refractivity contribution in [3.05, 3.63) is 40.9 Å². The van der Waals surface area contributed by atoms with Crippen LogP contribution in [0.1, 0.15) is 6.92 Å². The van der Waals surface area contributed by atoms with E-state index in [1.807, 2.05) is 12.1 Å². The highest BCUT2D eigenvalue weighted by Gasteiger charge is 2.20. The number of benzene rings is 1. The van der Waals surface area contributed by atoms with Crippen molar-refractivity contribution < 1.29 is 4.79 Å². The number of carbonyl (C=O) groups excluding carboxylic acids is 1. The molecule has 0 fully saturated rings. The van der Waals surface area contributed by atoms with Crippen molar-refractivity contribution in [2.75, 3.05) is 5.43 Å². The highest BCUT2D eigenvalue weighted by molar-refractivity contribution is 9.10. The SMILES string of the molecule is C=C(C)/C(=N\Nc1cccc(Br)c1)C(=O)N(N)C(N)=S. The van der Waals surface area contributed by atoms with Gasteiger partial charge in [0.2, 0.25) is 0 Å². The van der Waals surface area contributed by atoms with E-state index >= 15 is 0 Å². The first kappa shape index (κ1) is 16.3. The van der Waals surface area contributed by atoms with Crippen LogP contribution in [-0.4, -0.2) is 21.7 Å². The summed E-state index contributed by atoms with van der Waals surface area (Å²) < 4.78 is 0.879. The monoisotopic (exact) mass is 355 g/mol. The van der Waals surface area contributed by atoms with Crippen LogP contribution in [0.25, 0.3) is 0 Å². The molecule has 106 valence electrons. The number of anilines is 1. The first-order valence-corrected chi connectivity index (χ1v) is 6.66. The van der Waals surface area contributed by atoms with Gasteiger partial charge >= 0.3 is 0 Å². The normalized spacial score (nSPS) is 10.8. The van der Waals surface area contributed by atoms with E-state index < -0.39 is 5.91 Å². The summed E-state index contributed by atoms with van der Waals surface area (Å²) in [7, 11) is 0. The Bertz CT molecular complexity index is 587. The third-order valence-corrected chi connectivity index (χ3v) is 2.87. The minimum Gasteiger partial charge on any atom is -0.375 e. The highest BCUT2D eigenvalue weighted by Crippen LogP contribution is 2.15. The van der Waals surface area contributed by atoms with Gasteiger partial charge in [0.05, 0.1) is 5.69 Å². The van der Waals surface area contributed by atoms with Gasteiger partial charge in [-0.1, -0.05) is 28.6 Å². The second-order valence-electron chi connectivity index (χ2n) is 3.88. The number of nitrogens with one attached hydrogen (secondary N) is 1. The molecule has 0 aromatic heterocycles. The Kier molecular flexibility index (Phi) is 5.81. The van der Waals surface area contributed by atoms with Crippen LogP contribution in [0.2, 0.25) is 0 Å². The van der Waals surface area contributed by atoms with E-state index in [1.54, 1.807) is 19.1 Å². The van der Waals surface area contributed by atoms with Crippen molar-refractivity contribution in [3.63, 3.8) is 0 Å². The van der Waals surface area contributed by atoms with E-state index in [9.17, 15) is 4.79 Å². The molecule has 0 aliphatic heterocycles. The Morgan fingerprint density at radius 1 is 1.55 bits per heavy atom. The van der Waals surface area contributed by atoms with Gasteiger partial charge < -0.3 is 5.73 Å². The standard InChI is InChI=1S/C12H14BrN5OS/c1-7(2)10(11(19)18(15)12(14)20)17-16-9-5-3-4-8(13)6-9/h3-6,16H,1,15H2,2H3,(H2,14,20)/b17-10+. The van der Waals surface area contributed by atoms with Crippen LogP contribution in [0.5, 0.6) is 0 Å². The maximum atomic E-state index is 12.0. The van der Waals surface area contributed by atoms with Gasteiger partial charge in [-0.2, -0.15) is 5.10 Å². The summed E-state index contributed by atoms with van der Waals surface area (Å²) in [4.78, 5) is 12.0. The molecule has 0 aliphatic rings. The first-order valence-electron chi connectivity index (χ1n) is 5.46. The van der Waals surface area contributed by atoms with E-state index in [4.69, 9.17) is 11.6 Å². The Morgan fingerprint density at radius 3 is 2.70 bits per heavy atom. The van der Waals surface area contributed by atoms with Crippen LogP contribution >= 0.6 is 28.1 Å². The fraction of sp³-hybridized carbons (Fsp3) is 0.0833. The summed E-state index contributed by atoms with van der Waals surface area (Å²) in [5.74, 6) is 4.82. The molecule has 0 unspecified atom stereocenters. The number of nitrogens with zero attached hydrogens (tertiary/aromatic N) is 2. The Labute approximate surface area is 130 Å². The van der Waals surface area contributed by atoms with Crippen molar-refractivity contribution in [1.29, 1.82) is 0 Å². The molecule has 6 nitrogen and oxygen atoms in total. The lowest BCUT2D eigenvalue weighted by molar-refractivity contribution is -0.120. The maximum absolute atomic E-state index is 12.0. The topological polar surface area (TPSA) is 96.7 Å². The lowest BCUT2D eigenvalue weighted by atomic mass is 10.2. The zero-order chi connectivity index (χ0) is 15.3. The Morgan fingerprint density at radius 2 is 2.20 bits per heavy atom. The molecule has 1 amide bonds. The molecule has 0 spiro atoms. The number of hydrazone groups is 1. The van der Waals surface area contributed by atoms with Crippen molar-refractivity contribution in [2.24, 2.45) is 16.7 Å². The molecule has 1 aromatic carbocycles. The van der Waals surface area contributed by atoms with Crippen LogP contribution in [-0.2, 0) is 4.79 Å². The van der Waals surface area contributed by atoms with Crippen molar-refractivity contribution in [3.8, 4) is 0 Å². The molecule has 5 N–H and O–H groups in total.